The van der Waals surface area contributed by atoms with Crippen molar-refractivity contribution >= 4 is 5.69 Å². The fraction of sp³-hybridized carbons (Fsp3) is 0.235. The maximum Gasteiger partial charge on any atom is 0.0991 e. The van der Waals surface area contributed by atoms with Crippen LogP contribution in [0, 0.1) is 11.3 Å². The number of nitrogens with two attached hydrogens (primary N) is 1. The fourth-order valence-electron chi connectivity index (χ4n) is 2.19. The summed E-state index contributed by atoms with van der Waals surface area (Å²) in [4.78, 5) is 0. The third kappa shape index (κ3) is 2.77. The van der Waals surface area contributed by atoms with Crippen molar-refractivity contribution in [3.05, 3.63) is 53.6 Å². The second-order valence-electron chi connectivity index (χ2n) is 4.85. The lowest BCUT2D eigenvalue weighted by Gasteiger charge is -2.13. The van der Waals surface area contributed by atoms with E-state index in [1.165, 1.54) is 5.56 Å². The molecule has 2 nitrogen and oxygen atoms in total. The van der Waals surface area contributed by atoms with Gasteiger partial charge < -0.3 is 5.73 Å². The lowest BCUT2D eigenvalue weighted by Crippen LogP contribution is -1.98. The lowest BCUT2D eigenvalue weighted by atomic mass is 9.94. The van der Waals surface area contributed by atoms with E-state index in [9.17, 15) is 0 Å². The average molecular weight is 250 g/mol. The highest BCUT2D eigenvalue weighted by molar-refractivity contribution is 5.70. The molecule has 19 heavy (non-hydrogen) atoms. The Bertz CT molecular complexity index is 623. The number of hydrogen-bond acceptors (Lipinski definition) is 2. The maximum absolute atomic E-state index is 8.94. The van der Waals surface area contributed by atoms with E-state index in [0.29, 0.717) is 11.5 Å². The van der Waals surface area contributed by atoms with E-state index in [0.717, 1.165) is 23.2 Å². The first-order chi connectivity index (χ1) is 9.15. The molecule has 0 radical (unpaired) electrons. The molecule has 0 spiro atoms. The molecule has 1 atom stereocenters. The van der Waals surface area contributed by atoms with Gasteiger partial charge >= 0.3 is 0 Å². The molecule has 0 fully saturated rings. The Hall–Kier alpha value is -2.27. The van der Waals surface area contributed by atoms with Crippen molar-refractivity contribution in [2.45, 2.75) is 26.2 Å². The summed E-state index contributed by atoms with van der Waals surface area (Å²) in [6, 6.07) is 15.9. The lowest BCUT2D eigenvalue weighted by molar-refractivity contribution is 0.736. The Morgan fingerprint density at radius 1 is 1.16 bits per heavy atom. The molecule has 0 bridgehead atoms. The van der Waals surface area contributed by atoms with Gasteiger partial charge in [-0.1, -0.05) is 38.1 Å². The fourth-order valence-corrected chi connectivity index (χ4v) is 2.19. The van der Waals surface area contributed by atoms with Gasteiger partial charge in [0.2, 0.25) is 0 Å². The van der Waals surface area contributed by atoms with E-state index in [1.807, 2.05) is 24.3 Å². The maximum atomic E-state index is 8.94. The minimum absolute atomic E-state index is 0.472. The largest absolute Gasteiger partial charge is 0.398 e. The van der Waals surface area contributed by atoms with Crippen LogP contribution in [-0.4, -0.2) is 0 Å². The second-order valence-corrected chi connectivity index (χ2v) is 4.85. The molecule has 0 aromatic heterocycles. The predicted molar refractivity (Wildman–Crippen MR) is 79.7 cm³/mol. The summed E-state index contributed by atoms with van der Waals surface area (Å²) < 4.78 is 0. The summed E-state index contributed by atoms with van der Waals surface area (Å²) in [5.74, 6) is 0.472. The molecule has 96 valence electrons. The molecule has 0 saturated heterocycles. The van der Waals surface area contributed by atoms with Gasteiger partial charge in [-0.25, -0.2) is 0 Å². The number of benzene rings is 2. The van der Waals surface area contributed by atoms with Gasteiger partial charge in [0.25, 0.3) is 0 Å². The van der Waals surface area contributed by atoms with Crippen molar-refractivity contribution in [1.82, 2.24) is 0 Å². The van der Waals surface area contributed by atoms with E-state index < -0.39 is 0 Å². The van der Waals surface area contributed by atoms with Crippen molar-refractivity contribution < 1.29 is 0 Å². The van der Waals surface area contributed by atoms with Gasteiger partial charge in [0.05, 0.1) is 11.6 Å². The molecule has 0 aliphatic rings. The van der Waals surface area contributed by atoms with Gasteiger partial charge in [0.15, 0.2) is 0 Å². The molecule has 0 amide bonds. The molecule has 2 aromatic rings. The summed E-state index contributed by atoms with van der Waals surface area (Å²) in [6.07, 6.45) is 1.08. The topological polar surface area (TPSA) is 49.8 Å². The molecule has 0 saturated carbocycles. The highest BCUT2D eigenvalue weighted by Crippen LogP contribution is 2.29. The van der Waals surface area contributed by atoms with Crippen LogP contribution in [0.25, 0.3) is 11.1 Å². The van der Waals surface area contributed by atoms with Crippen LogP contribution < -0.4 is 5.73 Å². The molecule has 2 aromatic carbocycles. The summed E-state index contributed by atoms with van der Waals surface area (Å²) in [5.41, 5.74) is 10.9. The molecule has 0 heterocycles. The standard InChI is InChI=1S/C17H18N2/c1-3-12(2)16-8-7-15(10-17(16)19)14-6-4-5-13(9-14)11-18/h4-10,12H,3,19H2,1-2H3. The van der Waals surface area contributed by atoms with Crippen molar-refractivity contribution in [1.29, 1.82) is 5.26 Å². The monoisotopic (exact) mass is 250 g/mol. The van der Waals surface area contributed by atoms with Gasteiger partial charge in [0.1, 0.15) is 0 Å². The quantitative estimate of drug-likeness (QED) is 0.825. The number of nitrogen functional groups attached to an aromatic ring is 1. The second kappa shape index (κ2) is 5.58. The Morgan fingerprint density at radius 2 is 1.89 bits per heavy atom. The molecule has 0 aliphatic carbocycles. The van der Waals surface area contributed by atoms with Crippen LogP contribution in [0.2, 0.25) is 0 Å². The highest BCUT2D eigenvalue weighted by Gasteiger charge is 2.08. The number of hydrogen-bond donors (Lipinski definition) is 1. The molecule has 2 rings (SSSR count). The van der Waals surface area contributed by atoms with Crippen molar-refractivity contribution in [3.8, 4) is 17.2 Å². The zero-order valence-corrected chi connectivity index (χ0v) is 11.4. The predicted octanol–water partition coefficient (Wildman–Crippen LogP) is 4.32. The van der Waals surface area contributed by atoms with Gasteiger partial charge in [-0.2, -0.15) is 5.26 Å². The molecular formula is C17H18N2. The van der Waals surface area contributed by atoms with Crippen LogP contribution in [0.5, 0.6) is 0 Å². The van der Waals surface area contributed by atoms with Crippen molar-refractivity contribution in [2.24, 2.45) is 0 Å². The summed E-state index contributed by atoms with van der Waals surface area (Å²) in [6.45, 7) is 4.34. The van der Waals surface area contributed by atoms with Crippen molar-refractivity contribution in [2.75, 3.05) is 5.73 Å². The van der Waals surface area contributed by atoms with Crippen LogP contribution in [0.4, 0.5) is 5.69 Å². The number of anilines is 1. The third-order valence-corrected chi connectivity index (χ3v) is 3.56. The van der Waals surface area contributed by atoms with Crippen LogP contribution >= 0.6 is 0 Å². The minimum atomic E-state index is 0.472. The Labute approximate surface area is 114 Å². The smallest absolute Gasteiger partial charge is 0.0991 e. The third-order valence-electron chi connectivity index (χ3n) is 3.56. The first-order valence-electron chi connectivity index (χ1n) is 6.55. The van der Waals surface area contributed by atoms with Gasteiger partial charge in [-0.3, -0.25) is 0 Å². The molecule has 2 heteroatoms. The van der Waals surface area contributed by atoms with E-state index in [1.54, 1.807) is 6.07 Å². The van der Waals surface area contributed by atoms with Gasteiger partial charge in [-0.15, -0.1) is 0 Å². The van der Waals surface area contributed by atoms with E-state index >= 15 is 0 Å². The molecule has 1 unspecified atom stereocenters. The normalized spacial score (nSPS) is 11.8. The number of nitrogens with zero attached hydrogens (tertiary/aromatic N) is 1. The summed E-state index contributed by atoms with van der Waals surface area (Å²) in [5, 5.41) is 8.94. The molecular weight excluding hydrogens is 232 g/mol. The molecule has 0 aliphatic heterocycles. The summed E-state index contributed by atoms with van der Waals surface area (Å²) in [7, 11) is 0. The Morgan fingerprint density at radius 3 is 2.53 bits per heavy atom. The minimum Gasteiger partial charge on any atom is -0.398 e. The van der Waals surface area contributed by atoms with E-state index in [4.69, 9.17) is 11.0 Å². The van der Waals surface area contributed by atoms with E-state index in [2.05, 4.69) is 32.0 Å². The SMILES string of the molecule is CCC(C)c1ccc(-c2cccc(C#N)c2)cc1N. The van der Waals surface area contributed by atoms with Gasteiger partial charge in [0, 0.05) is 5.69 Å². The first kappa shape index (κ1) is 13.2. The Balaban J connectivity index is 2.42. The van der Waals surface area contributed by atoms with Crippen LogP contribution in [0.15, 0.2) is 42.5 Å². The average Bonchev–Trinajstić information content (AvgIpc) is 2.46. The highest BCUT2D eigenvalue weighted by atomic mass is 14.6. The Kier molecular flexibility index (Phi) is 3.87. The van der Waals surface area contributed by atoms with Crippen LogP contribution in [0.1, 0.15) is 37.3 Å². The number of nitriles is 1. The summed E-state index contributed by atoms with van der Waals surface area (Å²) >= 11 is 0. The van der Waals surface area contributed by atoms with Crippen LogP contribution in [0.3, 0.4) is 0 Å². The zero-order valence-electron chi connectivity index (χ0n) is 11.4. The van der Waals surface area contributed by atoms with Crippen molar-refractivity contribution in [3.63, 3.8) is 0 Å². The number of rotatable bonds is 3. The first-order valence-corrected chi connectivity index (χ1v) is 6.55. The zero-order chi connectivity index (χ0) is 13.8. The van der Waals surface area contributed by atoms with Crippen LogP contribution in [-0.2, 0) is 0 Å². The molecule has 2 N–H and O–H groups in total. The van der Waals surface area contributed by atoms with Gasteiger partial charge in [-0.05, 0) is 47.2 Å². The van der Waals surface area contributed by atoms with E-state index in [-0.39, 0.29) is 0 Å².